The van der Waals surface area contributed by atoms with Crippen molar-refractivity contribution in [2.45, 2.75) is 6.54 Å². The molecule has 0 saturated carbocycles. The van der Waals surface area contributed by atoms with Crippen LogP contribution < -0.4 is 15.8 Å². The van der Waals surface area contributed by atoms with E-state index in [2.05, 4.69) is 20.5 Å². The molecule has 1 aromatic carbocycles. The highest BCUT2D eigenvalue weighted by Gasteiger charge is 2.21. The van der Waals surface area contributed by atoms with E-state index in [-0.39, 0.29) is 23.4 Å². The second-order valence-electron chi connectivity index (χ2n) is 4.95. The van der Waals surface area contributed by atoms with Crippen LogP contribution in [-0.4, -0.2) is 24.6 Å². The molecule has 1 aliphatic rings. The standard InChI is InChI=1S/C15H14ClFN4O2/c1-23-15(22)8-21-13-3-2-10(4-9(13)6-19-21)20-12-5-14(16)18-7-11(12)17/h2-5,7,19H,6,8H2,1H3,(H,18,20). The summed E-state index contributed by atoms with van der Waals surface area (Å²) in [6.45, 7) is 0.687. The number of methoxy groups -OCH3 is 1. The molecule has 0 spiro atoms. The van der Waals surface area contributed by atoms with Gasteiger partial charge in [-0.3, -0.25) is 9.80 Å². The van der Waals surface area contributed by atoms with E-state index in [1.165, 1.54) is 13.2 Å². The number of halogens is 2. The summed E-state index contributed by atoms with van der Waals surface area (Å²) in [5, 5.41) is 4.90. The fourth-order valence-electron chi connectivity index (χ4n) is 2.33. The minimum atomic E-state index is -0.486. The zero-order valence-corrected chi connectivity index (χ0v) is 13.0. The third-order valence-corrected chi connectivity index (χ3v) is 3.65. The van der Waals surface area contributed by atoms with Gasteiger partial charge in [-0.1, -0.05) is 11.6 Å². The molecule has 1 aliphatic heterocycles. The molecular weight excluding hydrogens is 323 g/mol. The Balaban J connectivity index is 1.79. The second-order valence-corrected chi connectivity index (χ2v) is 5.34. The number of aromatic nitrogens is 1. The summed E-state index contributed by atoms with van der Waals surface area (Å²) in [7, 11) is 1.35. The summed E-state index contributed by atoms with van der Waals surface area (Å²) in [4.78, 5) is 15.1. The Labute approximate surface area is 137 Å². The molecule has 3 rings (SSSR count). The van der Waals surface area contributed by atoms with Crippen LogP contribution in [0, 0.1) is 5.82 Å². The molecule has 0 atom stereocenters. The highest BCUT2D eigenvalue weighted by molar-refractivity contribution is 6.29. The van der Waals surface area contributed by atoms with Crippen LogP contribution in [0.5, 0.6) is 0 Å². The molecule has 23 heavy (non-hydrogen) atoms. The number of rotatable bonds is 4. The minimum absolute atomic E-state index is 0.116. The number of fused-ring (bicyclic) bond motifs is 1. The van der Waals surface area contributed by atoms with Crippen molar-refractivity contribution in [3.8, 4) is 0 Å². The third kappa shape index (κ3) is 3.35. The van der Waals surface area contributed by atoms with Gasteiger partial charge in [0.05, 0.1) is 24.7 Å². The van der Waals surface area contributed by atoms with Crippen LogP contribution in [0.1, 0.15) is 5.56 Å². The van der Waals surface area contributed by atoms with Crippen molar-refractivity contribution in [2.75, 3.05) is 24.0 Å². The Morgan fingerprint density at radius 1 is 1.52 bits per heavy atom. The summed E-state index contributed by atoms with van der Waals surface area (Å²) < 4.78 is 18.4. The highest BCUT2D eigenvalue weighted by Crippen LogP contribution is 2.30. The molecule has 8 heteroatoms. The number of carbonyl (C=O) groups is 1. The van der Waals surface area contributed by atoms with E-state index in [1.54, 1.807) is 11.1 Å². The number of hydrogen-bond acceptors (Lipinski definition) is 6. The summed E-state index contributed by atoms with van der Waals surface area (Å²) in [5.74, 6) is -0.818. The molecule has 0 radical (unpaired) electrons. The number of nitrogens with one attached hydrogen (secondary N) is 2. The molecule has 2 N–H and O–H groups in total. The average Bonchev–Trinajstić information content (AvgIpc) is 2.93. The number of esters is 1. The van der Waals surface area contributed by atoms with E-state index in [4.69, 9.17) is 11.6 Å². The van der Waals surface area contributed by atoms with Gasteiger partial charge in [-0.2, -0.15) is 0 Å². The van der Waals surface area contributed by atoms with E-state index in [0.29, 0.717) is 12.2 Å². The maximum atomic E-state index is 13.7. The molecule has 120 valence electrons. The Kier molecular flexibility index (Phi) is 4.31. The first kappa shape index (κ1) is 15.5. The van der Waals surface area contributed by atoms with Crippen molar-refractivity contribution in [3.05, 3.63) is 47.0 Å². The van der Waals surface area contributed by atoms with E-state index < -0.39 is 5.82 Å². The van der Waals surface area contributed by atoms with E-state index in [0.717, 1.165) is 17.4 Å². The zero-order valence-electron chi connectivity index (χ0n) is 12.3. The topological polar surface area (TPSA) is 66.5 Å². The quantitative estimate of drug-likeness (QED) is 0.661. The van der Waals surface area contributed by atoms with E-state index in [1.807, 2.05) is 12.1 Å². The van der Waals surface area contributed by atoms with Crippen molar-refractivity contribution in [1.29, 1.82) is 0 Å². The van der Waals surface area contributed by atoms with Gasteiger partial charge in [-0.25, -0.2) is 14.8 Å². The molecule has 0 saturated heterocycles. The predicted molar refractivity (Wildman–Crippen MR) is 85.1 cm³/mol. The van der Waals surface area contributed by atoms with Crippen LogP contribution >= 0.6 is 11.6 Å². The number of hydrogen-bond donors (Lipinski definition) is 2. The fraction of sp³-hybridized carbons (Fsp3) is 0.200. The summed E-state index contributed by atoms with van der Waals surface area (Å²) in [5.41, 5.74) is 5.93. The molecule has 0 amide bonds. The van der Waals surface area contributed by atoms with Crippen molar-refractivity contribution < 1.29 is 13.9 Å². The first-order valence-electron chi connectivity index (χ1n) is 6.85. The Morgan fingerprint density at radius 3 is 3.13 bits per heavy atom. The van der Waals surface area contributed by atoms with Crippen molar-refractivity contribution in [3.63, 3.8) is 0 Å². The molecule has 0 bridgehead atoms. The van der Waals surface area contributed by atoms with Crippen LogP contribution in [0.15, 0.2) is 30.5 Å². The van der Waals surface area contributed by atoms with E-state index >= 15 is 0 Å². The Hall–Kier alpha value is -2.38. The number of hydrazine groups is 1. The van der Waals surface area contributed by atoms with Gasteiger partial charge < -0.3 is 10.1 Å². The lowest BCUT2D eigenvalue weighted by Crippen LogP contribution is -2.37. The lowest BCUT2D eigenvalue weighted by Gasteiger charge is -2.17. The number of anilines is 3. The van der Waals surface area contributed by atoms with Crippen molar-refractivity contribution in [1.82, 2.24) is 10.4 Å². The van der Waals surface area contributed by atoms with Gasteiger partial charge in [0, 0.05) is 18.3 Å². The maximum Gasteiger partial charge on any atom is 0.326 e. The first-order valence-corrected chi connectivity index (χ1v) is 7.23. The normalized spacial score (nSPS) is 12.9. The number of benzene rings is 1. The maximum absolute atomic E-state index is 13.7. The fourth-order valence-corrected chi connectivity index (χ4v) is 2.49. The van der Waals surface area contributed by atoms with Gasteiger partial charge in [0.2, 0.25) is 0 Å². The Morgan fingerprint density at radius 2 is 2.35 bits per heavy atom. The molecule has 0 aliphatic carbocycles. The second kappa shape index (κ2) is 6.39. The third-order valence-electron chi connectivity index (χ3n) is 3.45. The van der Waals surface area contributed by atoms with E-state index in [9.17, 15) is 9.18 Å². The molecule has 2 heterocycles. The summed E-state index contributed by atoms with van der Waals surface area (Å²) in [6.07, 6.45) is 1.07. The van der Waals surface area contributed by atoms with Gasteiger partial charge in [-0.15, -0.1) is 0 Å². The highest BCUT2D eigenvalue weighted by atomic mass is 35.5. The average molecular weight is 337 g/mol. The number of ether oxygens (including phenoxy) is 1. The van der Waals surface area contributed by atoms with Crippen molar-refractivity contribution in [2.24, 2.45) is 0 Å². The number of pyridine rings is 1. The van der Waals surface area contributed by atoms with Gasteiger partial charge >= 0.3 is 5.97 Å². The van der Waals surface area contributed by atoms with Crippen LogP contribution in [0.3, 0.4) is 0 Å². The monoisotopic (exact) mass is 336 g/mol. The first-order chi connectivity index (χ1) is 11.1. The van der Waals surface area contributed by atoms with Crippen LogP contribution in [0.25, 0.3) is 0 Å². The van der Waals surface area contributed by atoms with Crippen LogP contribution in [0.4, 0.5) is 21.5 Å². The van der Waals surface area contributed by atoms with Gasteiger partial charge in [0.15, 0.2) is 5.82 Å². The molecular formula is C15H14ClFN4O2. The lowest BCUT2D eigenvalue weighted by molar-refractivity contribution is -0.139. The molecule has 2 aromatic rings. The SMILES string of the molecule is COC(=O)CN1NCc2cc(Nc3cc(Cl)ncc3F)ccc21. The van der Waals surface area contributed by atoms with Gasteiger partial charge in [0.25, 0.3) is 0 Å². The smallest absolute Gasteiger partial charge is 0.326 e. The van der Waals surface area contributed by atoms with Crippen LogP contribution in [0.2, 0.25) is 5.15 Å². The summed E-state index contributed by atoms with van der Waals surface area (Å²) in [6, 6.07) is 6.95. The number of nitrogens with zero attached hydrogens (tertiary/aromatic N) is 2. The predicted octanol–water partition coefficient (Wildman–Crippen LogP) is 2.62. The molecule has 0 unspecified atom stereocenters. The molecule has 1 aromatic heterocycles. The summed E-state index contributed by atoms with van der Waals surface area (Å²) >= 11 is 5.78. The molecule has 0 fully saturated rings. The Bertz CT molecular complexity index is 756. The lowest BCUT2D eigenvalue weighted by atomic mass is 10.1. The largest absolute Gasteiger partial charge is 0.468 e. The van der Waals surface area contributed by atoms with Crippen molar-refractivity contribution >= 4 is 34.6 Å². The zero-order chi connectivity index (χ0) is 16.4. The van der Waals surface area contributed by atoms with Gasteiger partial charge in [-0.05, 0) is 23.8 Å². The minimum Gasteiger partial charge on any atom is -0.468 e. The molecule has 6 nitrogen and oxygen atoms in total. The number of carbonyl (C=O) groups excluding carboxylic acids is 1. The van der Waals surface area contributed by atoms with Gasteiger partial charge in [0.1, 0.15) is 11.7 Å². The van der Waals surface area contributed by atoms with Crippen LogP contribution in [-0.2, 0) is 16.1 Å².